The lowest BCUT2D eigenvalue weighted by atomic mass is 10.3. The minimum Gasteiger partial charge on any atom is -0.398 e. The second kappa shape index (κ2) is 6.45. The fraction of sp³-hybridized carbons (Fsp3) is 0.143. The number of hydrogen-bond donors (Lipinski definition) is 2. The number of halogens is 1. The summed E-state index contributed by atoms with van der Waals surface area (Å²) in [6.07, 6.45) is 1.72. The van der Waals surface area contributed by atoms with Crippen molar-refractivity contribution in [2.24, 2.45) is 7.05 Å². The summed E-state index contributed by atoms with van der Waals surface area (Å²) in [6, 6.07) is 7.30. The van der Waals surface area contributed by atoms with E-state index >= 15 is 0 Å². The summed E-state index contributed by atoms with van der Waals surface area (Å²) < 4.78 is 14.5. The highest BCUT2D eigenvalue weighted by molar-refractivity contribution is 8.00. The molecule has 0 unspecified atom stereocenters. The zero-order chi connectivity index (χ0) is 15.4. The first-order chi connectivity index (χ1) is 9.97. The van der Waals surface area contributed by atoms with Crippen molar-refractivity contribution in [1.82, 2.24) is 9.88 Å². The molecule has 2 rings (SSSR count). The molecule has 1 aromatic carbocycles. The van der Waals surface area contributed by atoms with Gasteiger partial charge < -0.3 is 10.3 Å². The number of carbonyl (C=O) groups excluding carboxylic acids is 2. The van der Waals surface area contributed by atoms with E-state index in [-0.39, 0.29) is 11.4 Å². The average molecular weight is 307 g/mol. The lowest BCUT2D eigenvalue weighted by Gasteiger charge is -2.07. The maximum atomic E-state index is 12.9. The van der Waals surface area contributed by atoms with E-state index in [0.717, 1.165) is 11.8 Å². The number of rotatable bonds is 4. The number of nitrogens with zero attached hydrogens (tertiary/aromatic N) is 1. The Bertz CT molecular complexity index is 685. The number of hydrogen-bond acceptors (Lipinski definition) is 4. The third-order valence-electron chi connectivity index (χ3n) is 2.76. The van der Waals surface area contributed by atoms with Gasteiger partial charge in [-0.05, 0) is 30.3 Å². The minimum atomic E-state index is -0.458. The van der Waals surface area contributed by atoms with Crippen LogP contribution in [0.1, 0.15) is 10.5 Å². The molecule has 0 aliphatic rings. The molecule has 2 aromatic rings. The van der Waals surface area contributed by atoms with E-state index in [0.29, 0.717) is 10.6 Å². The van der Waals surface area contributed by atoms with Crippen molar-refractivity contribution in [1.29, 1.82) is 0 Å². The number of amides is 2. The number of imide groups is 1. The molecule has 110 valence electrons. The maximum absolute atomic E-state index is 12.9. The lowest BCUT2D eigenvalue weighted by molar-refractivity contribution is -0.117. The highest BCUT2D eigenvalue weighted by Crippen LogP contribution is 2.25. The first kappa shape index (κ1) is 15.1. The van der Waals surface area contributed by atoms with E-state index in [1.165, 1.54) is 18.2 Å². The van der Waals surface area contributed by atoms with Crippen molar-refractivity contribution in [2.45, 2.75) is 4.90 Å². The van der Waals surface area contributed by atoms with Crippen LogP contribution < -0.4 is 11.1 Å². The van der Waals surface area contributed by atoms with Crippen LogP contribution in [0, 0.1) is 5.82 Å². The molecule has 1 aromatic heterocycles. The quantitative estimate of drug-likeness (QED) is 0.667. The summed E-state index contributed by atoms with van der Waals surface area (Å²) in [5, 5.41) is 2.29. The molecular weight excluding hydrogens is 293 g/mol. The standard InChI is InChI=1S/C14H14FN3O2S/c1-18-6-2-3-11(18)14(20)17-13(19)8-21-12-5-4-9(15)7-10(12)16/h2-7H,8,16H2,1H3,(H,17,19,20). The molecule has 7 heteroatoms. The Kier molecular flexibility index (Phi) is 4.64. The predicted octanol–water partition coefficient (Wildman–Crippen LogP) is 1.80. The summed E-state index contributed by atoms with van der Waals surface area (Å²) in [4.78, 5) is 24.2. The van der Waals surface area contributed by atoms with Gasteiger partial charge in [0.2, 0.25) is 5.91 Å². The first-order valence-electron chi connectivity index (χ1n) is 6.10. The van der Waals surface area contributed by atoms with Gasteiger partial charge in [-0.15, -0.1) is 11.8 Å². The van der Waals surface area contributed by atoms with Crippen LogP contribution in [0.5, 0.6) is 0 Å². The average Bonchev–Trinajstić information content (AvgIpc) is 2.84. The highest BCUT2D eigenvalue weighted by atomic mass is 32.2. The SMILES string of the molecule is Cn1cccc1C(=O)NC(=O)CSc1ccc(F)cc1N. The number of thioether (sulfide) groups is 1. The van der Waals surface area contributed by atoms with Gasteiger partial charge in [0.15, 0.2) is 0 Å². The number of carbonyl (C=O) groups is 2. The summed E-state index contributed by atoms with van der Waals surface area (Å²) in [6.45, 7) is 0. The molecule has 0 bridgehead atoms. The smallest absolute Gasteiger partial charge is 0.274 e. The lowest BCUT2D eigenvalue weighted by Crippen LogP contribution is -2.32. The van der Waals surface area contributed by atoms with E-state index in [4.69, 9.17) is 5.73 Å². The molecule has 2 amide bonds. The maximum Gasteiger partial charge on any atom is 0.274 e. The molecule has 0 saturated carbocycles. The van der Waals surface area contributed by atoms with Crippen molar-refractivity contribution in [3.05, 3.63) is 48.0 Å². The van der Waals surface area contributed by atoms with Crippen LogP contribution in [0.3, 0.4) is 0 Å². The van der Waals surface area contributed by atoms with Gasteiger partial charge >= 0.3 is 0 Å². The second-order valence-electron chi connectivity index (χ2n) is 4.35. The third-order valence-corrected chi connectivity index (χ3v) is 3.85. The molecular formula is C14H14FN3O2S. The molecule has 21 heavy (non-hydrogen) atoms. The number of nitrogens with two attached hydrogens (primary N) is 1. The number of aryl methyl sites for hydroxylation is 1. The van der Waals surface area contributed by atoms with Crippen LogP contribution in [0.4, 0.5) is 10.1 Å². The van der Waals surface area contributed by atoms with Gasteiger partial charge in [-0.25, -0.2) is 4.39 Å². The zero-order valence-electron chi connectivity index (χ0n) is 11.3. The molecule has 0 aliphatic heterocycles. The Hall–Kier alpha value is -2.28. The minimum absolute atomic E-state index is 0.0198. The fourth-order valence-electron chi connectivity index (χ4n) is 1.72. The van der Waals surface area contributed by atoms with Crippen molar-refractivity contribution >= 4 is 29.3 Å². The fourth-order valence-corrected chi connectivity index (χ4v) is 2.47. The Balaban J connectivity index is 1.90. The van der Waals surface area contributed by atoms with Crippen LogP contribution in [0.25, 0.3) is 0 Å². The Morgan fingerprint density at radius 1 is 1.38 bits per heavy atom. The first-order valence-corrected chi connectivity index (χ1v) is 7.09. The van der Waals surface area contributed by atoms with Crippen LogP contribution in [-0.2, 0) is 11.8 Å². The van der Waals surface area contributed by atoms with E-state index in [2.05, 4.69) is 5.32 Å². The van der Waals surface area contributed by atoms with E-state index < -0.39 is 17.6 Å². The number of aromatic nitrogens is 1. The third kappa shape index (κ3) is 3.85. The summed E-state index contributed by atoms with van der Waals surface area (Å²) >= 11 is 1.14. The topological polar surface area (TPSA) is 77.1 Å². The second-order valence-corrected chi connectivity index (χ2v) is 5.37. The summed E-state index contributed by atoms with van der Waals surface area (Å²) in [5.41, 5.74) is 6.31. The number of nitrogen functional groups attached to an aromatic ring is 1. The van der Waals surface area contributed by atoms with Gasteiger partial charge in [0.1, 0.15) is 11.5 Å². The van der Waals surface area contributed by atoms with Crippen LogP contribution in [0.15, 0.2) is 41.4 Å². The van der Waals surface area contributed by atoms with E-state index in [9.17, 15) is 14.0 Å². The molecule has 1 heterocycles. The number of anilines is 1. The molecule has 5 nitrogen and oxygen atoms in total. The van der Waals surface area contributed by atoms with Gasteiger partial charge in [-0.3, -0.25) is 14.9 Å². The predicted molar refractivity (Wildman–Crippen MR) is 79.4 cm³/mol. The molecule has 3 N–H and O–H groups in total. The van der Waals surface area contributed by atoms with Gasteiger partial charge in [0.25, 0.3) is 5.91 Å². The van der Waals surface area contributed by atoms with Gasteiger partial charge in [0.05, 0.1) is 5.75 Å². The van der Waals surface area contributed by atoms with Crippen LogP contribution in [-0.4, -0.2) is 22.1 Å². The van der Waals surface area contributed by atoms with Crippen molar-refractivity contribution < 1.29 is 14.0 Å². The van der Waals surface area contributed by atoms with Crippen molar-refractivity contribution in [3.8, 4) is 0 Å². The van der Waals surface area contributed by atoms with Crippen molar-refractivity contribution in [3.63, 3.8) is 0 Å². The summed E-state index contributed by atoms with van der Waals surface area (Å²) in [7, 11) is 1.72. The number of benzene rings is 1. The molecule has 0 atom stereocenters. The van der Waals surface area contributed by atoms with Crippen molar-refractivity contribution in [2.75, 3.05) is 11.5 Å². The van der Waals surface area contributed by atoms with Gasteiger partial charge in [-0.1, -0.05) is 0 Å². The molecule has 0 saturated heterocycles. The largest absolute Gasteiger partial charge is 0.398 e. The van der Waals surface area contributed by atoms with Gasteiger partial charge in [0, 0.05) is 23.8 Å². The van der Waals surface area contributed by atoms with Crippen LogP contribution >= 0.6 is 11.8 Å². The molecule has 0 radical (unpaired) electrons. The van der Waals surface area contributed by atoms with Crippen LogP contribution in [0.2, 0.25) is 0 Å². The van der Waals surface area contributed by atoms with E-state index in [1.54, 1.807) is 29.9 Å². The summed E-state index contributed by atoms with van der Waals surface area (Å²) in [5.74, 6) is -1.30. The molecule has 0 fully saturated rings. The Morgan fingerprint density at radius 3 is 2.76 bits per heavy atom. The Labute approximate surface area is 125 Å². The van der Waals surface area contributed by atoms with E-state index in [1.807, 2.05) is 0 Å². The monoisotopic (exact) mass is 307 g/mol. The zero-order valence-corrected chi connectivity index (χ0v) is 12.1. The molecule has 0 spiro atoms. The van der Waals surface area contributed by atoms with Gasteiger partial charge in [-0.2, -0.15) is 0 Å². The normalized spacial score (nSPS) is 10.4. The highest BCUT2D eigenvalue weighted by Gasteiger charge is 2.13. The molecule has 0 aliphatic carbocycles. The number of nitrogens with one attached hydrogen (secondary N) is 1. The Morgan fingerprint density at radius 2 is 2.14 bits per heavy atom.